The van der Waals surface area contributed by atoms with Crippen molar-refractivity contribution in [3.05, 3.63) is 68.7 Å². The molecular formula is C21H17Cl2N3O3. The van der Waals surface area contributed by atoms with Gasteiger partial charge in [0.05, 0.1) is 27.5 Å². The first-order valence-corrected chi connectivity index (χ1v) is 9.39. The second kappa shape index (κ2) is 8.99. The molecule has 0 spiro atoms. The molecule has 3 aromatic rings. The van der Waals surface area contributed by atoms with E-state index in [9.17, 15) is 9.59 Å². The standard InChI is InChI=1S/C21H17Cl2N3O3/c1-3-8-25(16-5-6-18(22)19(23)10-16)11-15-4-7-20-17(9-15)21(28)26(12-24-20)13-29-14(2)27/h1,4-7,9-10,12H,8,11,13H2,2H3. The summed E-state index contributed by atoms with van der Waals surface area (Å²) in [5, 5.41) is 1.32. The molecule has 0 radical (unpaired) electrons. The van der Waals surface area contributed by atoms with Crippen LogP contribution in [0.4, 0.5) is 5.69 Å². The Morgan fingerprint density at radius 1 is 1.24 bits per heavy atom. The van der Waals surface area contributed by atoms with Crippen LogP contribution in [-0.2, 0) is 22.8 Å². The lowest BCUT2D eigenvalue weighted by Crippen LogP contribution is -2.24. The van der Waals surface area contributed by atoms with Crippen LogP contribution in [0.2, 0.25) is 10.0 Å². The van der Waals surface area contributed by atoms with Crippen LogP contribution in [0.5, 0.6) is 0 Å². The van der Waals surface area contributed by atoms with Crippen molar-refractivity contribution in [3.8, 4) is 12.3 Å². The number of nitrogens with zero attached hydrogens (tertiary/aromatic N) is 3. The summed E-state index contributed by atoms with van der Waals surface area (Å²) in [5.74, 6) is 2.15. The Balaban J connectivity index is 1.94. The second-order valence-corrected chi connectivity index (χ2v) is 7.11. The molecule has 1 heterocycles. The van der Waals surface area contributed by atoms with Crippen molar-refractivity contribution >= 4 is 45.8 Å². The third kappa shape index (κ3) is 4.89. The lowest BCUT2D eigenvalue weighted by Gasteiger charge is -2.23. The highest BCUT2D eigenvalue weighted by Crippen LogP contribution is 2.28. The van der Waals surface area contributed by atoms with Gasteiger partial charge in [0.25, 0.3) is 5.56 Å². The van der Waals surface area contributed by atoms with Crippen molar-refractivity contribution in [2.24, 2.45) is 0 Å². The highest BCUT2D eigenvalue weighted by molar-refractivity contribution is 6.42. The van der Waals surface area contributed by atoms with Crippen molar-refractivity contribution in [2.45, 2.75) is 20.2 Å². The van der Waals surface area contributed by atoms with Crippen LogP contribution in [0.3, 0.4) is 0 Å². The summed E-state index contributed by atoms with van der Waals surface area (Å²) in [6.07, 6.45) is 6.88. The molecule has 0 aliphatic rings. The molecule has 2 aromatic carbocycles. The summed E-state index contributed by atoms with van der Waals surface area (Å²) in [5.41, 5.74) is 1.94. The Morgan fingerprint density at radius 3 is 2.72 bits per heavy atom. The van der Waals surface area contributed by atoms with Gasteiger partial charge in [-0.2, -0.15) is 0 Å². The number of aromatic nitrogens is 2. The van der Waals surface area contributed by atoms with E-state index in [0.717, 1.165) is 11.3 Å². The van der Waals surface area contributed by atoms with Crippen molar-refractivity contribution in [1.82, 2.24) is 9.55 Å². The van der Waals surface area contributed by atoms with Gasteiger partial charge in [0.1, 0.15) is 6.33 Å². The van der Waals surface area contributed by atoms with E-state index in [1.807, 2.05) is 17.0 Å². The minimum absolute atomic E-state index is 0.187. The van der Waals surface area contributed by atoms with Crippen LogP contribution in [0.15, 0.2) is 47.5 Å². The SMILES string of the molecule is C#CCN(Cc1ccc2ncn(COC(C)=O)c(=O)c2c1)c1ccc(Cl)c(Cl)c1. The van der Waals surface area contributed by atoms with Gasteiger partial charge in [-0.3, -0.25) is 14.2 Å². The summed E-state index contributed by atoms with van der Waals surface area (Å²) < 4.78 is 6.14. The predicted molar refractivity (Wildman–Crippen MR) is 114 cm³/mol. The van der Waals surface area contributed by atoms with E-state index in [4.69, 9.17) is 34.4 Å². The van der Waals surface area contributed by atoms with E-state index in [0.29, 0.717) is 34.0 Å². The molecular weight excluding hydrogens is 413 g/mol. The third-order valence-corrected chi connectivity index (χ3v) is 4.96. The van der Waals surface area contributed by atoms with Gasteiger partial charge >= 0.3 is 5.97 Å². The van der Waals surface area contributed by atoms with E-state index in [1.165, 1.54) is 17.8 Å². The number of carbonyl (C=O) groups is 1. The predicted octanol–water partition coefficient (Wildman–Crippen LogP) is 3.86. The van der Waals surface area contributed by atoms with E-state index in [-0.39, 0.29) is 12.3 Å². The average molecular weight is 430 g/mol. The number of carbonyl (C=O) groups excluding carboxylic acids is 1. The molecule has 1 aromatic heterocycles. The highest BCUT2D eigenvalue weighted by Gasteiger charge is 2.11. The summed E-state index contributed by atoms with van der Waals surface area (Å²) in [4.78, 5) is 29.9. The lowest BCUT2D eigenvalue weighted by atomic mass is 10.1. The minimum Gasteiger partial charge on any atom is -0.444 e. The number of benzene rings is 2. The molecule has 0 N–H and O–H groups in total. The van der Waals surface area contributed by atoms with Gasteiger partial charge in [0, 0.05) is 19.2 Å². The number of terminal acetylenes is 1. The Kier molecular flexibility index (Phi) is 6.42. The number of hydrogen-bond donors (Lipinski definition) is 0. The first-order chi connectivity index (χ1) is 13.9. The molecule has 148 valence electrons. The zero-order chi connectivity index (χ0) is 21.0. The number of hydrogen-bond acceptors (Lipinski definition) is 5. The average Bonchev–Trinajstić information content (AvgIpc) is 2.69. The third-order valence-electron chi connectivity index (χ3n) is 4.22. The molecule has 3 rings (SSSR count). The lowest BCUT2D eigenvalue weighted by molar-refractivity contribution is -0.144. The van der Waals surface area contributed by atoms with Gasteiger partial charge in [-0.1, -0.05) is 35.2 Å². The van der Waals surface area contributed by atoms with E-state index < -0.39 is 5.97 Å². The molecule has 0 unspecified atom stereocenters. The molecule has 0 fully saturated rings. The van der Waals surface area contributed by atoms with Gasteiger partial charge in [-0.15, -0.1) is 6.42 Å². The molecule has 0 amide bonds. The monoisotopic (exact) mass is 429 g/mol. The Morgan fingerprint density at radius 2 is 2.03 bits per heavy atom. The van der Waals surface area contributed by atoms with Crippen LogP contribution < -0.4 is 10.5 Å². The minimum atomic E-state index is -0.475. The number of anilines is 1. The molecule has 0 saturated heterocycles. The van der Waals surface area contributed by atoms with Gasteiger partial charge in [-0.05, 0) is 35.9 Å². The molecule has 0 atom stereocenters. The zero-order valence-corrected chi connectivity index (χ0v) is 17.1. The topological polar surface area (TPSA) is 64.4 Å². The van der Waals surface area contributed by atoms with Crippen LogP contribution in [0.1, 0.15) is 12.5 Å². The maximum Gasteiger partial charge on any atom is 0.304 e. The van der Waals surface area contributed by atoms with Crippen LogP contribution >= 0.6 is 23.2 Å². The van der Waals surface area contributed by atoms with Gasteiger partial charge < -0.3 is 9.64 Å². The fourth-order valence-electron chi connectivity index (χ4n) is 2.81. The Labute approximate surface area is 177 Å². The van der Waals surface area contributed by atoms with E-state index >= 15 is 0 Å². The smallest absolute Gasteiger partial charge is 0.304 e. The zero-order valence-electron chi connectivity index (χ0n) is 15.6. The van der Waals surface area contributed by atoms with Crippen molar-refractivity contribution in [1.29, 1.82) is 0 Å². The van der Waals surface area contributed by atoms with Crippen molar-refractivity contribution in [3.63, 3.8) is 0 Å². The maximum absolute atomic E-state index is 12.7. The van der Waals surface area contributed by atoms with Crippen LogP contribution in [0.25, 0.3) is 10.9 Å². The Hall–Kier alpha value is -3.01. The van der Waals surface area contributed by atoms with Crippen LogP contribution in [0, 0.1) is 12.3 Å². The first-order valence-electron chi connectivity index (χ1n) is 8.64. The quantitative estimate of drug-likeness (QED) is 0.439. The summed E-state index contributed by atoms with van der Waals surface area (Å²) in [6.45, 7) is 1.89. The summed E-state index contributed by atoms with van der Waals surface area (Å²) in [6, 6.07) is 10.7. The molecule has 8 heteroatoms. The van der Waals surface area contributed by atoms with Crippen LogP contribution in [-0.4, -0.2) is 22.1 Å². The molecule has 0 aliphatic carbocycles. The summed E-state index contributed by atoms with van der Waals surface area (Å²) >= 11 is 12.1. The highest BCUT2D eigenvalue weighted by atomic mass is 35.5. The fourth-order valence-corrected chi connectivity index (χ4v) is 3.10. The molecule has 6 nitrogen and oxygen atoms in total. The second-order valence-electron chi connectivity index (χ2n) is 6.29. The number of ether oxygens (including phenoxy) is 1. The number of fused-ring (bicyclic) bond motifs is 1. The Bertz CT molecular complexity index is 1170. The normalized spacial score (nSPS) is 10.6. The fraction of sp³-hybridized carbons (Fsp3) is 0.190. The number of rotatable bonds is 6. The van der Waals surface area contributed by atoms with E-state index in [1.54, 1.807) is 24.3 Å². The van der Waals surface area contributed by atoms with Gasteiger partial charge in [0.2, 0.25) is 0 Å². The largest absolute Gasteiger partial charge is 0.444 e. The van der Waals surface area contributed by atoms with Gasteiger partial charge in [0.15, 0.2) is 6.73 Å². The number of halogens is 2. The first kappa shape index (κ1) is 20.7. The van der Waals surface area contributed by atoms with Crippen molar-refractivity contribution in [2.75, 3.05) is 11.4 Å². The number of esters is 1. The van der Waals surface area contributed by atoms with E-state index in [2.05, 4.69) is 10.9 Å². The van der Waals surface area contributed by atoms with Gasteiger partial charge in [-0.25, -0.2) is 4.98 Å². The van der Waals surface area contributed by atoms with Crippen molar-refractivity contribution < 1.29 is 9.53 Å². The molecule has 29 heavy (non-hydrogen) atoms. The summed E-state index contributed by atoms with van der Waals surface area (Å²) in [7, 11) is 0. The molecule has 0 saturated carbocycles. The molecule has 0 bridgehead atoms. The maximum atomic E-state index is 12.7. The molecule has 0 aliphatic heterocycles.